The van der Waals surface area contributed by atoms with E-state index < -0.39 is 0 Å². The Morgan fingerprint density at radius 2 is 1.87 bits per heavy atom. The van der Waals surface area contributed by atoms with Crippen molar-refractivity contribution in [3.8, 4) is 5.75 Å². The van der Waals surface area contributed by atoms with Gasteiger partial charge in [-0.25, -0.2) is 0 Å². The van der Waals surface area contributed by atoms with Crippen LogP contribution in [0.4, 0.5) is 5.69 Å². The first-order valence-electron chi connectivity index (χ1n) is 7.95. The van der Waals surface area contributed by atoms with Crippen molar-refractivity contribution in [2.24, 2.45) is 0 Å². The first-order chi connectivity index (χ1) is 11.3. The molecule has 0 saturated carbocycles. The fraction of sp³-hybridized carbons (Fsp3) is 0.389. The zero-order valence-corrected chi connectivity index (χ0v) is 13.4. The van der Waals surface area contributed by atoms with Crippen LogP contribution in [0, 0.1) is 0 Å². The molecule has 1 aliphatic rings. The molecule has 5 heteroatoms. The molecular weight excluding hydrogens is 292 g/mol. The van der Waals surface area contributed by atoms with E-state index in [4.69, 9.17) is 9.15 Å². The molecule has 122 valence electrons. The van der Waals surface area contributed by atoms with Crippen molar-refractivity contribution in [3.63, 3.8) is 0 Å². The number of piperazine rings is 1. The highest BCUT2D eigenvalue weighted by atomic mass is 16.5. The number of amides is 1. The second-order valence-corrected chi connectivity index (χ2v) is 5.65. The smallest absolute Gasteiger partial charge is 0.223 e. The number of carbonyl (C=O) groups is 1. The molecule has 3 rings (SSSR count). The fourth-order valence-electron chi connectivity index (χ4n) is 2.85. The van der Waals surface area contributed by atoms with Crippen LogP contribution in [0.25, 0.3) is 0 Å². The largest absolute Gasteiger partial charge is 0.497 e. The summed E-state index contributed by atoms with van der Waals surface area (Å²) in [6.45, 7) is 3.25. The summed E-state index contributed by atoms with van der Waals surface area (Å²) < 4.78 is 10.5. The first kappa shape index (κ1) is 15.5. The molecule has 5 nitrogen and oxygen atoms in total. The maximum Gasteiger partial charge on any atom is 0.223 e. The maximum atomic E-state index is 12.3. The second-order valence-electron chi connectivity index (χ2n) is 5.65. The van der Waals surface area contributed by atoms with E-state index in [1.54, 1.807) is 13.4 Å². The number of hydrogen-bond donors (Lipinski definition) is 0. The molecule has 1 aromatic heterocycles. The normalized spacial score (nSPS) is 14.8. The topological polar surface area (TPSA) is 45.9 Å². The van der Waals surface area contributed by atoms with E-state index in [0.717, 1.165) is 37.7 Å². The summed E-state index contributed by atoms with van der Waals surface area (Å²) in [5, 5.41) is 0. The van der Waals surface area contributed by atoms with Crippen LogP contribution in [0.5, 0.6) is 5.75 Å². The summed E-state index contributed by atoms with van der Waals surface area (Å²) in [6.07, 6.45) is 2.83. The summed E-state index contributed by atoms with van der Waals surface area (Å²) in [4.78, 5) is 16.5. The Morgan fingerprint density at radius 3 is 2.48 bits per heavy atom. The first-order valence-corrected chi connectivity index (χ1v) is 7.95. The van der Waals surface area contributed by atoms with Gasteiger partial charge in [-0.2, -0.15) is 0 Å². The monoisotopic (exact) mass is 314 g/mol. The van der Waals surface area contributed by atoms with Gasteiger partial charge in [0.2, 0.25) is 5.91 Å². The van der Waals surface area contributed by atoms with Gasteiger partial charge in [0.1, 0.15) is 11.5 Å². The van der Waals surface area contributed by atoms with Crippen LogP contribution < -0.4 is 9.64 Å². The predicted molar refractivity (Wildman–Crippen MR) is 88.8 cm³/mol. The predicted octanol–water partition coefficient (Wildman–Crippen LogP) is 2.57. The van der Waals surface area contributed by atoms with Crippen LogP contribution in [-0.2, 0) is 11.2 Å². The summed E-state index contributed by atoms with van der Waals surface area (Å²) in [6, 6.07) is 11.8. The molecular formula is C18H22N2O3. The van der Waals surface area contributed by atoms with Crippen molar-refractivity contribution in [1.29, 1.82) is 0 Å². The van der Waals surface area contributed by atoms with E-state index in [0.29, 0.717) is 12.8 Å². The fourth-order valence-corrected chi connectivity index (χ4v) is 2.85. The minimum absolute atomic E-state index is 0.204. The lowest BCUT2D eigenvalue weighted by molar-refractivity contribution is -0.131. The van der Waals surface area contributed by atoms with E-state index in [-0.39, 0.29) is 5.91 Å². The molecule has 1 fully saturated rings. The molecule has 0 unspecified atom stereocenters. The van der Waals surface area contributed by atoms with Crippen LogP contribution in [0.2, 0.25) is 0 Å². The number of nitrogens with zero attached hydrogens (tertiary/aromatic N) is 2. The third-order valence-electron chi connectivity index (χ3n) is 4.24. The molecule has 0 spiro atoms. The van der Waals surface area contributed by atoms with Crippen LogP contribution in [0.3, 0.4) is 0 Å². The molecule has 0 aliphatic carbocycles. The molecule has 1 aliphatic heterocycles. The highest BCUT2D eigenvalue weighted by Crippen LogP contribution is 2.20. The number of aryl methyl sites for hydroxylation is 1. The van der Waals surface area contributed by atoms with E-state index in [1.165, 1.54) is 5.69 Å². The summed E-state index contributed by atoms with van der Waals surface area (Å²) in [5.74, 6) is 1.94. The van der Waals surface area contributed by atoms with Crippen molar-refractivity contribution in [2.45, 2.75) is 12.8 Å². The zero-order valence-electron chi connectivity index (χ0n) is 13.4. The molecule has 1 amide bonds. The summed E-state index contributed by atoms with van der Waals surface area (Å²) >= 11 is 0. The lowest BCUT2D eigenvalue weighted by Gasteiger charge is -2.36. The van der Waals surface area contributed by atoms with Gasteiger partial charge in [-0.3, -0.25) is 4.79 Å². The number of benzene rings is 1. The second kappa shape index (κ2) is 7.22. The Labute approximate surface area is 136 Å². The third kappa shape index (κ3) is 3.86. The Kier molecular flexibility index (Phi) is 4.86. The number of methoxy groups -OCH3 is 1. The number of carbonyl (C=O) groups excluding carboxylic acids is 1. The zero-order chi connectivity index (χ0) is 16.1. The number of furan rings is 1. The molecule has 23 heavy (non-hydrogen) atoms. The lowest BCUT2D eigenvalue weighted by atomic mass is 10.2. The average Bonchev–Trinajstić information content (AvgIpc) is 3.13. The van der Waals surface area contributed by atoms with E-state index >= 15 is 0 Å². The van der Waals surface area contributed by atoms with Crippen LogP contribution in [0.1, 0.15) is 12.2 Å². The third-order valence-corrected chi connectivity index (χ3v) is 4.24. The van der Waals surface area contributed by atoms with Gasteiger partial charge in [0, 0.05) is 44.7 Å². The maximum absolute atomic E-state index is 12.3. The minimum Gasteiger partial charge on any atom is -0.497 e. The van der Waals surface area contributed by atoms with Crippen molar-refractivity contribution in [2.75, 3.05) is 38.2 Å². The van der Waals surface area contributed by atoms with Gasteiger partial charge in [-0.1, -0.05) is 0 Å². The Balaban J connectivity index is 1.48. The van der Waals surface area contributed by atoms with Gasteiger partial charge >= 0.3 is 0 Å². The minimum atomic E-state index is 0.204. The highest BCUT2D eigenvalue weighted by Gasteiger charge is 2.21. The van der Waals surface area contributed by atoms with Crippen LogP contribution in [-0.4, -0.2) is 44.1 Å². The summed E-state index contributed by atoms with van der Waals surface area (Å²) in [7, 11) is 1.67. The highest BCUT2D eigenvalue weighted by molar-refractivity contribution is 5.76. The molecule has 0 radical (unpaired) electrons. The van der Waals surface area contributed by atoms with Gasteiger partial charge in [0.05, 0.1) is 13.4 Å². The van der Waals surface area contributed by atoms with Crippen LogP contribution >= 0.6 is 0 Å². The molecule has 0 atom stereocenters. The van der Waals surface area contributed by atoms with Gasteiger partial charge in [-0.15, -0.1) is 0 Å². The number of rotatable bonds is 5. The molecule has 0 N–H and O–H groups in total. The quantitative estimate of drug-likeness (QED) is 0.851. The number of hydrogen-bond acceptors (Lipinski definition) is 4. The molecule has 0 bridgehead atoms. The van der Waals surface area contributed by atoms with Crippen molar-refractivity contribution < 1.29 is 13.9 Å². The Bertz CT molecular complexity index is 614. The van der Waals surface area contributed by atoms with Gasteiger partial charge in [0.15, 0.2) is 0 Å². The Morgan fingerprint density at radius 1 is 1.13 bits per heavy atom. The number of ether oxygens (including phenoxy) is 1. The molecule has 1 aromatic carbocycles. The number of anilines is 1. The van der Waals surface area contributed by atoms with Crippen LogP contribution in [0.15, 0.2) is 47.1 Å². The van der Waals surface area contributed by atoms with E-state index in [2.05, 4.69) is 17.0 Å². The SMILES string of the molecule is COc1ccc(N2CCN(C(=O)CCc3ccco3)CC2)cc1. The van der Waals surface area contributed by atoms with Crippen molar-refractivity contribution >= 4 is 11.6 Å². The van der Waals surface area contributed by atoms with E-state index in [9.17, 15) is 4.79 Å². The standard InChI is InChI=1S/C18H22N2O3/c1-22-16-6-4-15(5-7-16)19-10-12-20(13-11-19)18(21)9-8-17-3-2-14-23-17/h2-7,14H,8-13H2,1H3. The molecule has 2 aromatic rings. The van der Waals surface area contributed by atoms with Crippen molar-refractivity contribution in [3.05, 3.63) is 48.4 Å². The van der Waals surface area contributed by atoms with Crippen molar-refractivity contribution in [1.82, 2.24) is 4.90 Å². The van der Waals surface area contributed by atoms with Gasteiger partial charge < -0.3 is 19.0 Å². The van der Waals surface area contributed by atoms with E-state index in [1.807, 2.05) is 29.2 Å². The average molecular weight is 314 g/mol. The molecule has 2 heterocycles. The molecule has 1 saturated heterocycles. The Hall–Kier alpha value is -2.43. The van der Waals surface area contributed by atoms with Gasteiger partial charge in [0.25, 0.3) is 0 Å². The lowest BCUT2D eigenvalue weighted by Crippen LogP contribution is -2.48. The summed E-state index contributed by atoms with van der Waals surface area (Å²) in [5.41, 5.74) is 1.17. The van der Waals surface area contributed by atoms with Gasteiger partial charge in [-0.05, 0) is 36.4 Å².